The van der Waals surface area contributed by atoms with E-state index in [4.69, 9.17) is 0 Å². The summed E-state index contributed by atoms with van der Waals surface area (Å²) >= 11 is 6.59. The smallest absolute Gasteiger partial charge is 0.258 e. The fraction of sp³-hybridized carbons (Fsp3) is 0. The van der Waals surface area contributed by atoms with Gasteiger partial charge in [0.25, 0.3) is 5.69 Å². The summed E-state index contributed by atoms with van der Waals surface area (Å²) in [5.41, 5.74) is 1.52. The van der Waals surface area contributed by atoms with Crippen molar-refractivity contribution in [1.29, 1.82) is 0 Å². The van der Waals surface area contributed by atoms with Crippen LogP contribution in [0.5, 0.6) is 0 Å². The molecule has 0 heterocycles. The Hall–Kier alpha value is -1.20. The average Bonchev–Trinajstić information content (AvgIpc) is 2.28. The van der Waals surface area contributed by atoms with Gasteiger partial charge in [0.1, 0.15) is 0 Å². The van der Waals surface area contributed by atoms with Crippen LogP contribution in [0.15, 0.2) is 51.4 Å². The number of rotatable bonds is 2. The minimum absolute atomic E-state index is 0.0949. The highest BCUT2D eigenvalue weighted by molar-refractivity contribution is 9.10. The summed E-state index contributed by atoms with van der Waals surface area (Å²) in [4.78, 5) is 10.6. The summed E-state index contributed by atoms with van der Waals surface area (Å²) < 4.78 is 1.59. The molecule has 0 N–H and O–H groups in total. The molecule has 0 saturated carbocycles. The number of nitro benzene ring substituents is 1. The van der Waals surface area contributed by atoms with Crippen LogP contribution in [0.1, 0.15) is 0 Å². The summed E-state index contributed by atoms with van der Waals surface area (Å²) in [5.74, 6) is 0. The highest BCUT2D eigenvalue weighted by Gasteiger charge is 2.15. The standard InChI is InChI=1S/C12H7Br2NO2/c13-9-3-1-2-8(6-9)11-5-4-10(14)7-12(11)15(16)17/h1-7H. The van der Waals surface area contributed by atoms with Crippen molar-refractivity contribution in [3.05, 3.63) is 61.5 Å². The molecule has 0 spiro atoms. The van der Waals surface area contributed by atoms with Crippen molar-refractivity contribution < 1.29 is 4.92 Å². The Bertz CT molecular complexity index is 584. The first-order chi connectivity index (χ1) is 8.08. The van der Waals surface area contributed by atoms with E-state index in [2.05, 4.69) is 31.9 Å². The molecule has 0 fully saturated rings. The maximum Gasteiger partial charge on any atom is 0.278 e. The molecule has 0 aliphatic rings. The zero-order chi connectivity index (χ0) is 12.4. The molecule has 0 bridgehead atoms. The van der Waals surface area contributed by atoms with E-state index in [1.54, 1.807) is 12.1 Å². The van der Waals surface area contributed by atoms with Crippen LogP contribution in [-0.2, 0) is 0 Å². The first kappa shape index (κ1) is 12.3. The maximum atomic E-state index is 11.0. The van der Waals surface area contributed by atoms with Gasteiger partial charge < -0.3 is 0 Å². The average molecular weight is 357 g/mol. The van der Waals surface area contributed by atoms with E-state index in [-0.39, 0.29) is 10.6 Å². The molecule has 5 heteroatoms. The molecule has 0 saturated heterocycles. The molecule has 2 aromatic rings. The van der Waals surface area contributed by atoms with Gasteiger partial charge in [-0.1, -0.05) is 44.0 Å². The molecule has 0 radical (unpaired) electrons. The van der Waals surface area contributed by atoms with E-state index in [1.807, 2.05) is 24.3 Å². The first-order valence-corrected chi connectivity index (χ1v) is 6.36. The Morgan fingerprint density at radius 1 is 1.00 bits per heavy atom. The van der Waals surface area contributed by atoms with Crippen molar-refractivity contribution in [3.63, 3.8) is 0 Å². The molecule has 2 aromatic carbocycles. The monoisotopic (exact) mass is 355 g/mol. The van der Waals surface area contributed by atoms with Crippen LogP contribution in [0.25, 0.3) is 11.1 Å². The van der Waals surface area contributed by atoms with E-state index >= 15 is 0 Å². The molecule has 3 nitrogen and oxygen atoms in total. The van der Waals surface area contributed by atoms with Crippen molar-refractivity contribution in [1.82, 2.24) is 0 Å². The molecule has 0 amide bonds. The molecule has 17 heavy (non-hydrogen) atoms. The Morgan fingerprint density at radius 2 is 1.71 bits per heavy atom. The minimum Gasteiger partial charge on any atom is -0.258 e. The van der Waals surface area contributed by atoms with Crippen LogP contribution in [-0.4, -0.2) is 4.92 Å². The summed E-state index contributed by atoms with van der Waals surface area (Å²) in [7, 11) is 0. The Balaban J connectivity index is 2.63. The van der Waals surface area contributed by atoms with Gasteiger partial charge in [-0.25, -0.2) is 0 Å². The Labute approximate surface area is 115 Å². The highest BCUT2D eigenvalue weighted by atomic mass is 79.9. The fourth-order valence-electron chi connectivity index (χ4n) is 1.56. The van der Waals surface area contributed by atoms with Crippen molar-refractivity contribution in [2.75, 3.05) is 0 Å². The normalized spacial score (nSPS) is 10.2. The molecular weight excluding hydrogens is 350 g/mol. The second kappa shape index (κ2) is 4.98. The molecule has 0 aliphatic carbocycles. The summed E-state index contributed by atoms with van der Waals surface area (Å²) in [5, 5.41) is 11.0. The van der Waals surface area contributed by atoms with Gasteiger partial charge in [-0.2, -0.15) is 0 Å². The van der Waals surface area contributed by atoms with Gasteiger partial charge in [0, 0.05) is 15.0 Å². The SMILES string of the molecule is O=[N+]([O-])c1cc(Br)ccc1-c1cccc(Br)c1. The van der Waals surface area contributed by atoms with E-state index in [0.29, 0.717) is 10.0 Å². The van der Waals surface area contributed by atoms with Gasteiger partial charge >= 0.3 is 0 Å². The van der Waals surface area contributed by atoms with Crippen LogP contribution in [0.3, 0.4) is 0 Å². The summed E-state index contributed by atoms with van der Waals surface area (Å²) in [6.45, 7) is 0. The highest BCUT2D eigenvalue weighted by Crippen LogP contribution is 2.33. The first-order valence-electron chi connectivity index (χ1n) is 4.78. The van der Waals surface area contributed by atoms with Crippen LogP contribution in [0.4, 0.5) is 5.69 Å². The van der Waals surface area contributed by atoms with Gasteiger partial charge in [-0.05, 0) is 29.8 Å². The van der Waals surface area contributed by atoms with E-state index in [9.17, 15) is 10.1 Å². The van der Waals surface area contributed by atoms with Gasteiger partial charge in [-0.3, -0.25) is 10.1 Å². The van der Waals surface area contributed by atoms with E-state index in [1.165, 1.54) is 6.07 Å². The molecule has 0 aliphatic heterocycles. The minimum atomic E-state index is -0.374. The van der Waals surface area contributed by atoms with Crippen LogP contribution >= 0.6 is 31.9 Å². The lowest BCUT2D eigenvalue weighted by atomic mass is 10.0. The van der Waals surface area contributed by atoms with Crippen molar-refractivity contribution in [3.8, 4) is 11.1 Å². The lowest BCUT2D eigenvalue weighted by molar-refractivity contribution is -0.384. The third kappa shape index (κ3) is 2.73. The van der Waals surface area contributed by atoms with E-state index < -0.39 is 0 Å². The van der Waals surface area contributed by atoms with E-state index in [0.717, 1.165) is 10.0 Å². The summed E-state index contributed by atoms with van der Waals surface area (Å²) in [6.07, 6.45) is 0. The molecule has 0 aromatic heterocycles. The Morgan fingerprint density at radius 3 is 2.35 bits per heavy atom. The van der Waals surface area contributed by atoms with Gasteiger partial charge in [0.05, 0.1) is 10.5 Å². The maximum absolute atomic E-state index is 11.0. The zero-order valence-electron chi connectivity index (χ0n) is 8.56. The van der Waals surface area contributed by atoms with Crippen LogP contribution in [0, 0.1) is 10.1 Å². The summed E-state index contributed by atoms with van der Waals surface area (Å²) in [6, 6.07) is 12.5. The topological polar surface area (TPSA) is 43.1 Å². The lowest BCUT2D eigenvalue weighted by Crippen LogP contribution is -1.92. The van der Waals surface area contributed by atoms with Gasteiger partial charge in [0.15, 0.2) is 0 Å². The second-order valence-corrected chi connectivity index (χ2v) is 5.26. The lowest BCUT2D eigenvalue weighted by Gasteiger charge is -2.04. The molecular formula is C12H7Br2NO2. The second-order valence-electron chi connectivity index (χ2n) is 3.43. The quantitative estimate of drug-likeness (QED) is 0.573. The number of benzene rings is 2. The van der Waals surface area contributed by atoms with Crippen molar-refractivity contribution >= 4 is 37.5 Å². The largest absolute Gasteiger partial charge is 0.278 e. The number of hydrogen-bond acceptors (Lipinski definition) is 2. The van der Waals surface area contributed by atoms with Crippen LogP contribution < -0.4 is 0 Å². The van der Waals surface area contributed by atoms with Crippen molar-refractivity contribution in [2.24, 2.45) is 0 Å². The molecule has 86 valence electrons. The molecule has 0 atom stereocenters. The number of nitrogens with zero attached hydrogens (tertiary/aromatic N) is 1. The van der Waals surface area contributed by atoms with Gasteiger partial charge in [-0.15, -0.1) is 0 Å². The predicted octanol–water partition coefficient (Wildman–Crippen LogP) is 4.79. The Kier molecular flexibility index (Phi) is 3.59. The molecule has 0 unspecified atom stereocenters. The predicted molar refractivity (Wildman–Crippen MR) is 73.9 cm³/mol. The molecule has 2 rings (SSSR count). The third-order valence-electron chi connectivity index (χ3n) is 2.29. The fourth-order valence-corrected chi connectivity index (χ4v) is 2.30. The number of halogens is 2. The number of nitro groups is 1. The van der Waals surface area contributed by atoms with Gasteiger partial charge in [0.2, 0.25) is 0 Å². The van der Waals surface area contributed by atoms with Crippen LogP contribution in [0.2, 0.25) is 0 Å². The zero-order valence-corrected chi connectivity index (χ0v) is 11.7. The number of hydrogen-bond donors (Lipinski definition) is 0. The van der Waals surface area contributed by atoms with Crippen molar-refractivity contribution in [2.45, 2.75) is 0 Å². The third-order valence-corrected chi connectivity index (χ3v) is 3.28.